The molecule has 1 aliphatic rings. The normalized spacial score (nSPS) is 18.5. The van der Waals surface area contributed by atoms with Gasteiger partial charge in [0.05, 0.1) is 7.11 Å². The van der Waals surface area contributed by atoms with Crippen molar-refractivity contribution in [3.63, 3.8) is 0 Å². The van der Waals surface area contributed by atoms with E-state index in [4.69, 9.17) is 4.74 Å². The number of nitrogens with zero attached hydrogens (tertiary/aromatic N) is 2. The maximum absolute atomic E-state index is 13.0. The average Bonchev–Trinajstić information content (AvgIpc) is 2.92. The Balaban J connectivity index is 1.69. The van der Waals surface area contributed by atoms with Crippen LogP contribution in [-0.2, 0) is 22.6 Å². The predicted molar refractivity (Wildman–Crippen MR) is 108 cm³/mol. The number of para-hydroxylation sites is 1. The number of imide groups is 1. The van der Waals surface area contributed by atoms with E-state index in [-0.39, 0.29) is 18.9 Å². The third-order valence-electron chi connectivity index (χ3n) is 5.06. The van der Waals surface area contributed by atoms with Crippen LogP contribution in [0.4, 0.5) is 4.79 Å². The summed E-state index contributed by atoms with van der Waals surface area (Å²) in [5, 5.41) is 2.74. The Morgan fingerprint density at radius 1 is 1.10 bits per heavy atom. The van der Waals surface area contributed by atoms with Gasteiger partial charge in [0.2, 0.25) is 5.91 Å². The number of hydrogen-bond donors (Lipinski definition) is 1. The number of urea groups is 1. The highest BCUT2D eigenvalue weighted by atomic mass is 16.5. The Morgan fingerprint density at radius 3 is 2.45 bits per heavy atom. The van der Waals surface area contributed by atoms with Crippen LogP contribution in [0.5, 0.6) is 5.75 Å². The van der Waals surface area contributed by atoms with Crippen molar-refractivity contribution in [3.8, 4) is 5.75 Å². The molecule has 2 aromatic rings. The number of carbonyl (C=O) groups is 3. The molecule has 0 aliphatic carbocycles. The van der Waals surface area contributed by atoms with Crippen LogP contribution in [0.2, 0.25) is 0 Å². The van der Waals surface area contributed by atoms with Crippen molar-refractivity contribution >= 4 is 17.8 Å². The number of hydrogen-bond acceptors (Lipinski definition) is 4. The van der Waals surface area contributed by atoms with E-state index in [0.29, 0.717) is 12.3 Å². The molecule has 0 bridgehead atoms. The van der Waals surface area contributed by atoms with E-state index in [2.05, 4.69) is 5.32 Å². The largest absolute Gasteiger partial charge is 0.496 e. The third-order valence-corrected chi connectivity index (χ3v) is 5.06. The molecule has 29 heavy (non-hydrogen) atoms. The van der Waals surface area contributed by atoms with Gasteiger partial charge in [-0.25, -0.2) is 4.79 Å². The molecule has 152 valence electrons. The Morgan fingerprint density at radius 2 is 1.76 bits per heavy atom. The van der Waals surface area contributed by atoms with Crippen LogP contribution >= 0.6 is 0 Å². The van der Waals surface area contributed by atoms with E-state index in [1.807, 2.05) is 48.5 Å². The number of amides is 4. The van der Waals surface area contributed by atoms with Gasteiger partial charge in [-0.3, -0.25) is 14.5 Å². The van der Waals surface area contributed by atoms with Gasteiger partial charge in [0, 0.05) is 20.0 Å². The second-order valence-corrected chi connectivity index (χ2v) is 7.38. The second kappa shape index (κ2) is 8.34. The lowest BCUT2D eigenvalue weighted by Gasteiger charge is -2.23. The van der Waals surface area contributed by atoms with Crippen LogP contribution in [-0.4, -0.2) is 53.9 Å². The van der Waals surface area contributed by atoms with E-state index in [1.54, 1.807) is 27.1 Å². The molecule has 7 heteroatoms. The van der Waals surface area contributed by atoms with Crippen molar-refractivity contribution in [2.75, 3.05) is 20.7 Å². The minimum absolute atomic E-state index is 0.270. The summed E-state index contributed by atoms with van der Waals surface area (Å²) in [7, 11) is 3.21. The Labute approximate surface area is 170 Å². The average molecular weight is 395 g/mol. The van der Waals surface area contributed by atoms with Gasteiger partial charge < -0.3 is 15.0 Å². The Hall–Kier alpha value is -3.35. The highest BCUT2D eigenvalue weighted by molar-refractivity contribution is 6.09. The summed E-state index contributed by atoms with van der Waals surface area (Å²) in [6.07, 6.45) is 0.270. The molecule has 3 rings (SSSR count). The molecule has 1 saturated heterocycles. The van der Waals surface area contributed by atoms with Crippen molar-refractivity contribution < 1.29 is 19.1 Å². The van der Waals surface area contributed by atoms with Crippen molar-refractivity contribution in [3.05, 3.63) is 65.7 Å². The molecule has 4 amide bonds. The molecule has 0 unspecified atom stereocenters. The lowest BCUT2D eigenvalue weighted by Crippen LogP contribution is -2.47. The van der Waals surface area contributed by atoms with Crippen LogP contribution < -0.4 is 10.1 Å². The van der Waals surface area contributed by atoms with E-state index < -0.39 is 17.5 Å². The monoisotopic (exact) mass is 395 g/mol. The molecule has 2 aromatic carbocycles. The third kappa shape index (κ3) is 4.39. The van der Waals surface area contributed by atoms with E-state index in [0.717, 1.165) is 16.0 Å². The SMILES string of the molecule is COc1ccccc1C[C@]1(C)NC(=O)N(CC(=O)N(C)Cc2ccccc2)C1=O. The summed E-state index contributed by atoms with van der Waals surface area (Å²) in [5.41, 5.74) is 0.645. The first-order valence-corrected chi connectivity index (χ1v) is 9.38. The number of methoxy groups -OCH3 is 1. The molecule has 0 saturated carbocycles. The molecule has 1 atom stereocenters. The fourth-order valence-corrected chi connectivity index (χ4v) is 3.44. The first-order chi connectivity index (χ1) is 13.8. The second-order valence-electron chi connectivity index (χ2n) is 7.38. The summed E-state index contributed by atoms with van der Waals surface area (Å²) >= 11 is 0. The van der Waals surface area contributed by atoms with Gasteiger partial charge in [-0.15, -0.1) is 0 Å². The highest BCUT2D eigenvalue weighted by Crippen LogP contribution is 2.27. The lowest BCUT2D eigenvalue weighted by atomic mass is 9.92. The van der Waals surface area contributed by atoms with Crippen molar-refractivity contribution in [2.24, 2.45) is 0 Å². The van der Waals surface area contributed by atoms with Crippen molar-refractivity contribution in [1.29, 1.82) is 0 Å². The van der Waals surface area contributed by atoms with E-state index in [1.165, 1.54) is 4.90 Å². The van der Waals surface area contributed by atoms with Crippen LogP contribution in [0.1, 0.15) is 18.1 Å². The van der Waals surface area contributed by atoms with Gasteiger partial charge in [0.1, 0.15) is 17.8 Å². The van der Waals surface area contributed by atoms with Crippen molar-refractivity contribution in [2.45, 2.75) is 25.4 Å². The molecule has 1 heterocycles. The molecule has 0 spiro atoms. The van der Waals surface area contributed by atoms with Gasteiger partial charge in [0.15, 0.2) is 0 Å². The predicted octanol–water partition coefficient (Wildman–Crippen LogP) is 2.21. The molecule has 1 N–H and O–H groups in total. The van der Waals surface area contributed by atoms with Gasteiger partial charge in [0.25, 0.3) is 5.91 Å². The zero-order chi connectivity index (χ0) is 21.0. The summed E-state index contributed by atoms with van der Waals surface area (Å²) in [5.74, 6) is -0.0818. The fourth-order valence-electron chi connectivity index (χ4n) is 3.44. The molecular weight excluding hydrogens is 370 g/mol. The smallest absolute Gasteiger partial charge is 0.325 e. The number of carbonyl (C=O) groups excluding carboxylic acids is 3. The number of benzene rings is 2. The summed E-state index contributed by atoms with van der Waals surface area (Å²) in [6.45, 7) is 1.77. The van der Waals surface area contributed by atoms with Crippen molar-refractivity contribution in [1.82, 2.24) is 15.1 Å². The van der Waals surface area contributed by atoms with E-state index >= 15 is 0 Å². The summed E-state index contributed by atoms with van der Waals surface area (Å²) < 4.78 is 5.34. The van der Waals surface area contributed by atoms with Gasteiger partial charge in [-0.05, 0) is 24.1 Å². The molecule has 1 fully saturated rings. The maximum atomic E-state index is 13.0. The summed E-state index contributed by atoms with van der Waals surface area (Å²) in [4.78, 5) is 40.5. The molecule has 1 aliphatic heterocycles. The standard InChI is InChI=1S/C22H25N3O4/c1-22(13-17-11-7-8-12-18(17)29-3)20(27)25(21(28)23-22)15-19(26)24(2)14-16-9-5-4-6-10-16/h4-12H,13-15H2,1-3H3,(H,23,28)/t22-/m0/s1. The topological polar surface area (TPSA) is 79.0 Å². The number of rotatable bonds is 7. The zero-order valence-electron chi connectivity index (χ0n) is 16.8. The molecule has 7 nitrogen and oxygen atoms in total. The number of likely N-dealkylation sites (N-methyl/N-ethyl adjacent to an activating group) is 1. The maximum Gasteiger partial charge on any atom is 0.325 e. The van der Waals surface area contributed by atoms with Crippen LogP contribution in [0.25, 0.3) is 0 Å². The fraction of sp³-hybridized carbons (Fsp3) is 0.318. The Kier molecular flexibility index (Phi) is 5.87. The van der Waals surface area contributed by atoms with Gasteiger partial charge in [-0.1, -0.05) is 48.5 Å². The number of nitrogens with one attached hydrogen (secondary N) is 1. The van der Waals surface area contributed by atoms with Gasteiger partial charge in [-0.2, -0.15) is 0 Å². The first kappa shape index (κ1) is 20.4. The molecule has 0 aromatic heterocycles. The minimum atomic E-state index is -1.13. The van der Waals surface area contributed by atoms with Crippen LogP contribution in [0, 0.1) is 0 Å². The van der Waals surface area contributed by atoms with Crippen LogP contribution in [0.15, 0.2) is 54.6 Å². The van der Waals surface area contributed by atoms with Crippen LogP contribution in [0.3, 0.4) is 0 Å². The number of ether oxygens (including phenoxy) is 1. The summed E-state index contributed by atoms with van der Waals surface area (Å²) in [6, 6.07) is 16.3. The molecular formula is C22H25N3O4. The zero-order valence-corrected chi connectivity index (χ0v) is 16.8. The Bertz CT molecular complexity index is 915. The quantitative estimate of drug-likeness (QED) is 0.729. The van der Waals surface area contributed by atoms with E-state index in [9.17, 15) is 14.4 Å². The van der Waals surface area contributed by atoms with Gasteiger partial charge >= 0.3 is 6.03 Å². The highest BCUT2D eigenvalue weighted by Gasteiger charge is 2.48. The lowest BCUT2D eigenvalue weighted by molar-refractivity contribution is -0.138. The minimum Gasteiger partial charge on any atom is -0.496 e. The molecule has 0 radical (unpaired) electrons. The first-order valence-electron chi connectivity index (χ1n) is 9.38.